The fourth-order valence-corrected chi connectivity index (χ4v) is 2.60. The van der Waals surface area contributed by atoms with Crippen molar-refractivity contribution in [1.82, 2.24) is 10.3 Å². The number of halogens is 1. The van der Waals surface area contributed by atoms with Crippen LogP contribution in [0.3, 0.4) is 0 Å². The molecule has 0 saturated carbocycles. The number of nitrogens with one attached hydrogen (secondary N) is 2. The molecule has 126 valence electrons. The lowest BCUT2D eigenvalue weighted by Crippen LogP contribution is -2.17. The van der Waals surface area contributed by atoms with Crippen LogP contribution >= 0.6 is 12.4 Å². The van der Waals surface area contributed by atoms with E-state index in [0.29, 0.717) is 0 Å². The number of hydrogen-bond acceptors (Lipinski definition) is 1. The zero-order valence-electron chi connectivity index (χ0n) is 14.5. The van der Waals surface area contributed by atoms with E-state index in [2.05, 4.69) is 73.7 Å². The molecule has 2 rings (SSSR count). The Morgan fingerprint density at radius 1 is 1.13 bits per heavy atom. The van der Waals surface area contributed by atoms with Crippen LogP contribution in [0.2, 0.25) is 0 Å². The van der Waals surface area contributed by atoms with Crippen molar-refractivity contribution in [1.29, 1.82) is 0 Å². The van der Waals surface area contributed by atoms with Gasteiger partial charge in [0.25, 0.3) is 0 Å². The van der Waals surface area contributed by atoms with Crippen LogP contribution in [0.4, 0.5) is 0 Å². The molecule has 0 aliphatic heterocycles. The second-order valence-corrected chi connectivity index (χ2v) is 6.18. The molecule has 2 aromatic rings. The number of fused-ring (bicyclic) bond motifs is 1. The van der Waals surface area contributed by atoms with Crippen molar-refractivity contribution in [3.05, 3.63) is 59.3 Å². The van der Waals surface area contributed by atoms with Crippen LogP contribution in [-0.4, -0.2) is 18.1 Å². The summed E-state index contributed by atoms with van der Waals surface area (Å²) < 4.78 is 0. The summed E-state index contributed by atoms with van der Waals surface area (Å²) in [5.74, 6) is 0. The van der Waals surface area contributed by atoms with Gasteiger partial charge in [0.15, 0.2) is 0 Å². The van der Waals surface area contributed by atoms with Crippen molar-refractivity contribution < 1.29 is 0 Å². The zero-order chi connectivity index (χ0) is 15.8. The summed E-state index contributed by atoms with van der Waals surface area (Å²) >= 11 is 0. The Hall–Kier alpha value is -1.51. The van der Waals surface area contributed by atoms with Gasteiger partial charge in [0.1, 0.15) is 0 Å². The quantitative estimate of drug-likeness (QED) is 0.490. The van der Waals surface area contributed by atoms with E-state index in [1.54, 1.807) is 0 Å². The molecule has 23 heavy (non-hydrogen) atoms. The molecular weight excluding hydrogens is 304 g/mol. The van der Waals surface area contributed by atoms with E-state index in [9.17, 15) is 0 Å². The van der Waals surface area contributed by atoms with Gasteiger partial charge in [-0.2, -0.15) is 0 Å². The van der Waals surface area contributed by atoms with E-state index in [0.717, 1.165) is 32.4 Å². The largest absolute Gasteiger partial charge is 0.361 e. The average molecular weight is 333 g/mol. The molecule has 0 unspecified atom stereocenters. The summed E-state index contributed by atoms with van der Waals surface area (Å²) in [5.41, 5.74) is 5.50. The smallest absolute Gasteiger partial charge is 0.0456 e. The number of H-pyrrole nitrogens is 1. The molecule has 0 fully saturated rings. The zero-order valence-corrected chi connectivity index (χ0v) is 15.3. The fraction of sp³-hybridized carbons (Fsp3) is 0.400. The highest BCUT2D eigenvalue weighted by molar-refractivity contribution is 5.85. The second kappa shape index (κ2) is 10.3. The molecule has 1 aromatic heterocycles. The van der Waals surface area contributed by atoms with Gasteiger partial charge in [0, 0.05) is 23.6 Å². The third-order valence-corrected chi connectivity index (χ3v) is 3.93. The molecule has 0 bridgehead atoms. The fourth-order valence-electron chi connectivity index (χ4n) is 2.60. The third-order valence-electron chi connectivity index (χ3n) is 3.93. The van der Waals surface area contributed by atoms with Gasteiger partial charge >= 0.3 is 0 Å². The Labute approximate surface area is 146 Å². The molecule has 0 saturated heterocycles. The molecule has 0 amide bonds. The number of aromatic amines is 1. The summed E-state index contributed by atoms with van der Waals surface area (Å²) in [4.78, 5) is 3.33. The monoisotopic (exact) mass is 332 g/mol. The van der Waals surface area contributed by atoms with Crippen LogP contribution in [0.5, 0.6) is 0 Å². The van der Waals surface area contributed by atoms with Crippen molar-refractivity contribution >= 4 is 23.3 Å². The lowest BCUT2D eigenvalue weighted by atomic mass is 10.1. The Morgan fingerprint density at radius 2 is 1.91 bits per heavy atom. The number of para-hydroxylation sites is 1. The van der Waals surface area contributed by atoms with Gasteiger partial charge in [-0.1, -0.05) is 41.5 Å². The van der Waals surface area contributed by atoms with Gasteiger partial charge in [-0.15, -0.1) is 12.4 Å². The van der Waals surface area contributed by atoms with Crippen molar-refractivity contribution in [2.45, 2.75) is 40.0 Å². The van der Waals surface area contributed by atoms with E-state index < -0.39 is 0 Å². The molecular formula is C20H29ClN2. The van der Waals surface area contributed by atoms with Crippen LogP contribution in [0.25, 0.3) is 10.9 Å². The first kappa shape index (κ1) is 19.5. The molecule has 2 N–H and O–H groups in total. The molecule has 1 aromatic carbocycles. The van der Waals surface area contributed by atoms with Crippen molar-refractivity contribution in [3.63, 3.8) is 0 Å². The van der Waals surface area contributed by atoms with Gasteiger partial charge in [-0.3, -0.25) is 0 Å². The number of rotatable bonds is 8. The Bertz CT molecular complexity index is 648. The van der Waals surface area contributed by atoms with E-state index >= 15 is 0 Å². The normalized spacial score (nSPS) is 11.3. The van der Waals surface area contributed by atoms with Gasteiger partial charge in [0.2, 0.25) is 0 Å². The van der Waals surface area contributed by atoms with Gasteiger partial charge in [0.05, 0.1) is 0 Å². The SMILES string of the molecule is CC(C)=CCC/C(C)=C/CNCCc1c[nH]c2ccccc12.Cl. The van der Waals surface area contributed by atoms with E-state index in [1.807, 2.05) is 0 Å². The molecule has 0 spiro atoms. The maximum absolute atomic E-state index is 3.51. The average Bonchev–Trinajstić information content (AvgIpc) is 2.90. The predicted molar refractivity (Wildman–Crippen MR) is 105 cm³/mol. The maximum atomic E-state index is 3.51. The first-order chi connectivity index (χ1) is 10.7. The standard InChI is InChI=1S/C20H28N2.ClH/c1-16(2)7-6-8-17(3)11-13-21-14-12-18-15-22-20-10-5-4-9-19(18)20;/h4-5,7,9-11,15,21-22H,6,8,12-14H2,1-3H3;1H/b17-11+;. The minimum absolute atomic E-state index is 0. The minimum Gasteiger partial charge on any atom is -0.361 e. The number of allylic oxidation sites excluding steroid dienone is 3. The van der Waals surface area contributed by atoms with Gasteiger partial charge in [-0.25, -0.2) is 0 Å². The van der Waals surface area contributed by atoms with Crippen molar-refractivity contribution in [3.8, 4) is 0 Å². The minimum atomic E-state index is 0. The molecule has 1 heterocycles. The highest BCUT2D eigenvalue weighted by Crippen LogP contribution is 2.17. The Morgan fingerprint density at radius 3 is 2.70 bits per heavy atom. The highest BCUT2D eigenvalue weighted by Gasteiger charge is 2.01. The Balaban J connectivity index is 0.00000264. The topological polar surface area (TPSA) is 27.8 Å². The van der Waals surface area contributed by atoms with E-state index in [-0.39, 0.29) is 12.4 Å². The lowest BCUT2D eigenvalue weighted by Gasteiger charge is -2.03. The van der Waals surface area contributed by atoms with Gasteiger partial charge in [-0.05, 0) is 58.2 Å². The van der Waals surface area contributed by atoms with Gasteiger partial charge < -0.3 is 10.3 Å². The number of hydrogen-bond donors (Lipinski definition) is 2. The highest BCUT2D eigenvalue weighted by atomic mass is 35.5. The molecule has 0 atom stereocenters. The third kappa shape index (κ3) is 6.64. The summed E-state index contributed by atoms with van der Waals surface area (Å²) in [6.07, 6.45) is 10.1. The first-order valence-electron chi connectivity index (χ1n) is 8.21. The molecule has 2 nitrogen and oxygen atoms in total. The van der Waals surface area contributed by atoms with Crippen LogP contribution < -0.4 is 5.32 Å². The molecule has 3 heteroatoms. The van der Waals surface area contributed by atoms with Crippen molar-refractivity contribution in [2.24, 2.45) is 0 Å². The second-order valence-electron chi connectivity index (χ2n) is 6.18. The van der Waals surface area contributed by atoms with Crippen LogP contribution in [0.15, 0.2) is 53.8 Å². The van der Waals surface area contributed by atoms with Crippen LogP contribution in [0.1, 0.15) is 39.2 Å². The molecule has 0 radical (unpaired) electrons. The van der Waals surface area contributed by atoms with Crippen molar-refractivity contribution in [2.75, 3.05) is 13.1 Å². The lowest BCUT2D eigenvalue weighted by molar-refractivity contribution is 0.742. The first-order valence-corrected chi connectivity index (χ1v) is 8.21. The van der Waals surface area contributed by atoms with E-state index in [4.69, 9.17) is 0 Å². The van der Waals surface area contributed by atoms with E-state index in [1.165, 1.54) is 27.6 Å². The Kier molecular flexibility index (Phi) is 8.75. The number of aromatic nitrogens is 1. The summed E-state index contributed by atoms with van der Waals surface area (Å²) in [6, 6.07) is 8.49. The maximum Gasteiger partial charge on any atom is 0.0456 e. The summed E-state index contributed by atoms with van der Waals surface area (Å²) in [6.45, 7) is 8.51. The molecule has 0 aliphatic rings. The van der Waals surface area contributed by atoms with Crippen LogP contribution in [0, 0.1) is 0 Å². The number of benzene rings is 1. The predicted octanol–water partition coefficient (Wildman–Crippen LogP) is 5.41. The molecule has 0 aliphatic carbocycles. The summed E-state index contributed by atoms with van der Waals surface area (Å²) in [5, 5.41) is 4.86. The van der Waals surface area contributed by atoms with Crippen LogP contribution in [-0.2, 0) is 6.42 Å². The summed E-state index contributed by atoms with van der Waals surface area (Å²) in [7, 11) is 0.